The fraction of sp³-hybridized carbons (Fsp3) is 0.360. The van der Waals surface area contributed by atoms with Gasteiger partial charge in [-0.1, -0.05) is 31.2 Å². The van der Waals surface area contributed by atoms with E-state index < -0.39 is 23.8 Å². The summed E-state index contributed by atoms with van der Waals surface area (Å²) >= 11 is 0. The van der Waals surface area contributed by atoms with Gasteiger partial charge in [-0.15, -0.1) is 0 Å². The summed E-state index contributed by atoms with van der Waals surface area (Å²) in [6, 6.07) is 7.15. The van der Waals surface area contributed by atoms with E-state index in [9.17, 15) is 19.2 Å². The van der Waals surface area contributed by atoms with Crippen LogP contribution in [0.3, 0.4) is 0 Å². The molecule has 3 N–H and O–H groups in total. The second-order valence-electron chi connectivity index (χ2n) is 11.2. The van der Waals surface area contributed by atoms with Crippen molar-refractivity contribution in [3.05, 3.63) is 59.7 Å². The normalized spacial score (nSPS) is 22.8. The number of nitrogens with two attached hydrogens (primary N) is 1. The zero-order chi connectivity index (χ0) is 27.6. The molecule has 3 aliphatic heterocycles. The number of carbonyl (C=O) groups excluding carboxylic acids is 4. The number of nitrogens with zero attached hydrogens (tertiary/aromatic N) is 3. The molecule has 1 aliphatic carbocycles. The molecule has 0 bridgehead atoms. The molecule has 14 heteroatoms. The predicted octanol–water partition coefficient (Wildman–Crippen LogP) is -2.08. The molecule has 4 amide bonds. The second-order valence-corrected chi connectivity index (χ2v) is 11.2. The monoisotopic (exact) mass is 521 g/mol. The van der Waals surface area contributed by atoms with Crippen molar-refractivity contribution in [2.45, 2.75) is 31.1 Å². The minimum atomic E-state index is -0.941. The first kappa shape index (κ1) is 27.2. The summed E-state index contributed by atoms with van der Waals surface area (Å²) in [6.07, 6.45) is 7.75. The van der Waals surface area contributed by atoms with E-state index in [1.165, 1.54) is 5.69 Å². The Bertz CT molecular complexity index is 1220. The van der Waals surface area contributed by atoms with Gasteiger partial charge in [-0.05, 0) is 36.0 Å². The van der Waals surface area contributed by atoms with E-state index in [-0.39, 0.29) is 24.1 Å². The zero-order valence-electron chi connectivity index (χ0n) is 22.5. The maximum Gasteiger partial charge on any atom is 0.262 e. The maximum atomic E-state index is 13.1. The highest BCUT2D eigenvalue weighted by Gasteiger charge is 2.45. The summed E-state index contributed by atoms with van der Waals surface area (Å²) in [7, 11) is 5.31. The topological polar surface area (TPSA) is 116 Å². The molecule has 5 rings (SSSR count). The van der Waals surface area contributed by atoms with Crippen molar-refractivity contribution in [1.29, 1.82) is 0 Å². The van der Waals surface area contributed by atoms with Gasteiger partial charge in [-0.3, -0.25) is 29.4 Å². The number of benzene rings is 1. The lowest BCUT2D eigenvalue weighted by Gasteiger charge is -2.36. The van der Waals surface area contributed by atoms with Crippen LogP contribution >= 0.6 is 0 Å². The fourth-order valence-electron chi connectivity index (χ4n) is 5.82. The molecule has 0 radical (unpaired) electrons. The first-order valence-electron chi connectivity index (χ1n) is 13.9. The first-order chi connectivity index (χ1) is 18.7. The van der Waals surface area contributed by atoms with Crippen LogP contribution in [0, 0.1) is 0 Å². The van der Waals surface area contributed by atoms with Crippen LogP contribution in [-0.4, -0.2) is 101 Å². The van der Waals surface area contributed by atoms with Gasteiger partial charge in [0.15, 0.2) is 7.31 Å². The largest absolute Gasteiger partial charge is 0.399 e. The standard InChI is InChI=1S/C25H32B5N5O4/c1-25(26-27-28-29-30-34-14-12-33(13-15-34)17-4-2-16(31)3-5-17)10-8-18-19(9-11-25)24(39)35(23(18)38)20-6-7-21(36)32-22(20)37/h2-5,8-11,20,26-30H,6-7,12-15,31H2,1H3,(H,32,36,37). The van der Waals surface area contributed by atoms with Crippen molar-refractivity contribution in [3.63, 3.8) is 0 Å². The molecule has 1 atom stereocenters. The Morgan fingerprint density at radius 3 is 2.15 bits per heavy atom. The van der Waals surface area contributed by atoms with Crippen LogP contribution in [0.1, 0.15) is 19.8 Å². The molecule has 196 valence electrons. The highest BCUT2D eigenvalue weighted by Crippen LogP contribution is 2.36. The molecule has 4 aliphatic rings. The number of hydrogen-bond acceptors (Lipinski definition) is 7. The van der Waals surface area contributed by atoms with Gasteiger partial charge < -0.3 is 15.4 Å². The van der Waals surface area contributed by atoms with Gasteiger partial charge in [0.05, 0.1) is 25.4 Å². The first-order valence-corrected chi connectivity index (χ1v) is 13.9. The summed E-state index contributed by atoms with van der Waals surface area (Å²) in [5, 5.41) is 1.98. The molecule has 0 aromatic heterocycles. The van der Waals surface area contributed by atoms with Gasteiger partial charge in [0.25, 0.3) is 11.8 Å². The number of imide groups is 2. The summed E-state index contributed by atoms with van der Waals surface area (Å²) in [5.74, 6) is -1.90. The molecule has 1 aromatic rings. The summed E-state index contributed by atoms with van der Waals surface area (Å²) in [4.78, 5) is 55.9. The van der Waals surface area contributed by atoms with Crippen LogP contribution in [0.25, 0.3) is 0 Å². The highest BCUT2D eigenvalue weighted by atomic mass is 16.2. The van der Waals surface area contributed by atoms with Crippen LogP contribution in [-0.2, 0) is 19.2 Å². The lowest BCUT2D eigenvalue weighted by atomic mass is 9.00. The summed E-state index contributed by atoms with van der Waals surface area (Å²) in [5.41, 5.74) is 8.47. The predicted molar refractivity (Wildman–Crippen MR) is 162 cm³/mol. The number of rotatable bonds is 8. The van der Waals surface area contributed by atoms with Gasteiger partial charge in [-0.2, -0.15) is 0 Å². The average molecular weight is 521 g/mol. The lowest BCUT2D eigenvalue weighted by Crippen LogP contribution is -2.54. The van der Waals surface area contributed by atoms with Crippen LogP contribution in [0.15, 0.2) is 59.7 Å². The number of piperidine rings is 1. The van der Waals surface area contributed by atoms with E-state index in [0.717, 1.165) is 72.4 Å². The van der Waals surface area contributed by atoms with Crippen LogP contribution in [0.4, 0.5) is 11.4 Å². The minimum absolute atomic E-state index is 0.113. The SMILES string of the molecule is CC1(BBBBBN2CCN(c3ccc(N)cc3)CC2)C=CC2=C(C=C1)C(=O)N(C1CCC(=O)NC1=O)C2=O. The average Bonchev–Trinajstić information content (AvgIpc) is 3.03. The molecule has 9 nitrogen and oxygen atoms in total. The molecule has 39 heavy (non-hydrogen) atoms. The molecule has 2 fully saturated rings. The van der Waals surface area contributed by atoms with Crippen molar-refractivity contribution in [2.75, 3.05) is 36.8 Å². The number of anilines is 2. The lowest BCUT2D eigenvalue weighted by molar-refractivity contribution is -0.149. The number of amides is 4. The number of nitrogens with one attached hydrogen (secondary N) is 1. The van der Waals surface area contributed by atoms with E-state index in [1.54, 1.807) is 12.2 Å². The molecular formula is C25H32B5N5O4. The number of piperazine rings is 1. The van der Waals surface area contributed by atoms with E-state index in [4.69, 9.17) is 5.73 Å². The van der Waals surface area contributed by atoms with Crippen molar-refractivity contribution in [2.24, 2.45) is 0 Å². The molecule has 1 unspecified atom stereocenters. The van der Waals surface area contributed by atoms with E-state index in [2.05, 4.69) is 34.1 Å². The maximum absolute atomic E-state index is 13.1. The third-order valence-electron chi connectivity index (χ3n) is 8.29. The Morgan fingerprint density at radius 2 is 1.54 bits per heavy atom. The summed E-state index contributed by atoms with van der Waals surface area (Å²) in [6.45, 7) is 6.28. The third kappa shape index (κ3) is 5.95. The molecule has 3 heterocycles. The molecular weight excluding hydrogens is 488 g/mol. The van der Waals surface area contributed by atoms with E-state index in [1.807, 2.05) is 24.3 Å². The molecule has 0 spiro atoms. The fourth-order valence-corrected chi connectivity index (χ4v) is 5.82. The summed E-state index contributed by atoms with van der Waals surface area (Å²) < 4.78 is 0. The number of carbonyl (C=O) groups is 4. The Hall–Kier alpha value is -3.40. The van der Waals surface area contributed by atoms with Gasteiger partial charge in [0.2, 0.25) is 11.8 Å². The number of nitrogen functional groups attached to an aromatic ring is 1. The Balaban J connectivity index is 1.06. The number of hydrogen-bond donors (Lipinski definition) is 2. The Labute approximate surface area is 232 Å². The van der Waals surface area contributed by atoms with Gasteiger partial charge in [0.1, 0.15) is 6.04 Å². The van der Waals surface area contributed by atoms with Gasteiger partial charge in [0, 0.05) is 58.1 Å². The van der Waals surface area contributed by atoms with Gasteiger partial charge in [-0.25, -0.2) is 0 Å². The quantitative estimate of drug-likeness (QED) is 0.175. The Morgan fingerprint density at radius 1 is 0.897 bits per heavy atom. The Kier molecular flexibility index (Phi) is 7.93. The van der Waals surface area contributed by atoms with Crippen molar-refractivity contribution >= 4 is 70.7 Å². The smallest absolute Gasteiger partial charge is 0.262 e. The number of allylic oxidation sites excluding steroid dienone is 2. The minimum Gasteiger partial charge on any atom is -0.399 e. The van der Waals surface area contributed by atoms with E-state index in [0.29, 0.717) is 11.1 Å². The van der Waals surface area contributed by atoms with Gasteiger partial charge >= 0.3 is 0 Å². The highest BCUT2D eigenvalue weighted by molar-refractivity contribution is 7.53. The molecule has 1 aromatic carbocycles. The van der Waals surface area contributed by atoms with Crippen molar-refractivity contribution in [3.8, 4) is 0 Å². The van der Waals surface area contributed by atoms with Crippen LogP contribution < -0.4 is 16.0 Å². The van der Waals surface area contributed by atoms with Crippen LogP contribution in [0.2, 0.25) is 5.31 Å². The zero-order valence-corrected chi connectivity index (χ0v) is 22.5. The van der Waals surface area contributed by atoms with Crippen molar-refractivity contribution < 1.29 is 19.2 Å². The molecule has 2 saturated heterocycles. The van der Waals surface area contributed by atoms with E-state index >= 15 is 0 Å². The third-order valence-corrected chi connectivity index (χ3v) is 8.29. The van der Waals surface area contributed by atoms with Crippen LogP contribution in [0.5, 0.6) is 0 Å². The second kappa shape index (κ2) is 11.4. The van der Waals surface area contributed by atoms with Crippen molar-refractivity contribution in [1.82, 2.24) is 15.0 Å². The molecule has 0 saturated carbocycles.